The van der Waals surface area contributed by atoms with Crippen LogP contribution in [-0.4, -0.2) is 59.5 Å². The molecule has 2 heterocycles. The monoisotopic (exact) mass is 562 g/mol. The van der Waals surface area contributed by atoms with Crippen LogP contribution in [0.4, 0.5) is 5.82 Å². The van der Waals surface area contributed by atoms with Crippen LogP contribution in [0.15, 0.2) is 48.5 Å². The van der Waals surface area contributed by atoms with Crippen molar-refractivity contribution in [2.45, 2.75) is 45.7 Å². The first-order valence-corrected chi connectivity index (χ1v) is 13.8. The van der Waals surface area contributed by atoms with Crippen LogP contribution in [0.1, 0.15) is 42.9 Å². The summed E-state index contributed by atoms with van der Waals surface area (Å²) >= 11 is 0. The topological polar surface area (TPSA) is 136 Å². The van der Waals surface area contributed by atoms with Gasteiger partial charge in [-0.1, -0.05) is 49.7 Å². The molecule has 3 N–H and O–H groups in total. The maximum absolute atomic E-state index is 11.5. The van der Waals surface area contributed by atoms with Crippen molar-refractivity contribution in [3.63, 3.8) is 0 Å². The SMILES string of the molecule is CCCCOc1nc(N)c2nc(OC)n(Cc3ccc(OCCCNCc4cccc(CC(=O)OC)c4)cc3)c2n1. The zero-order valence-electron chi connectivity index (χ0n) is 23.9. The minimum absolute atomic E-state index is 0.234. The van der Waals surface area contributed by atoms with Crippen molar-refractivity contribution in [3.05, 3.63) is 65.2 Å². The number of benzene rings is 2. The number of carbonyl (C=O) groups is 1. The van der Waals surface area contributed by atoms with Gasteiger partial charge in [-0.15, -0.1) is 0 Å². The standard InChI is InChI=1S/C30H38N6O5/c1-4-5-15-41-29-34-27(31)26-28(35-29)36(30(33-26)39-3)20-21-10-12-24(13-11-21)40-16-7-14-32-19-23-9-6-8-22(17-23)18-25(37)38-2/h6,8-13,17,32H,4-5,7,14-16,18-20H2,1-3H3,(H2,31,34,35). The van der Waals surface area contributed by atoms with Crippen LogP contribution in [0.3, 0.4) is 0 Å². The minimum Gasteiger partial charge on any atom is -0.494 e. The quantitative estimate of drug-likeness (QED) is 0.153. The Hall–Kier alpha value is -4.38. The van der Waals surface area contributed by atoms with Crippen LogP contribution < -0.4 is 25.3 Å². The van der Waals surface area contributed by atoms with Gasteiger partial charge in [0.15, 0.2) is 17.0 Å². The molecule has 0 bridgehead atoms. The second kappa shape index (κ2) is 14.8. The zero-order chi connectivity index (χ0) is 29.0. The molecule has 0 saturated heterocycles. The number of rotatable bonds is 16. The summed E-state index contributed by atoms with van der Waals surface area (Å²) in [6.07, 6.45) is 3.05. The molecule has 218 valence electrons. The second-order valence-corrected chi connectivity index (χ2v) is 9.55. The van der Waals surface area contributed by atoms with Crippen LogP contribution in [0, 0.1) is 0 Å². The molecule has 4 aromatic rings. The zero-order valence-corrected chi connectivity index (χ0v) is 23.9. The number of nitrogens with zero attached hydrogens (tertiary/aromatic N) is 4. The van der Waals surface area contributed by atoms with Gasteiger partial charge in [-0.2, -0.15) is 15.0 Å². The van der Waals surface area contributed by atoms with Gasteiger partial charge in [-0.05, 0) is 48.2 Å². The third-order valence-electron chi connectivity index (χ3n) is 6.41. The molecule has 0 aliphatic rings. The number of hydrogen-bond donors (Lipinski definition) is 2. The first-order chi connectivity index (χ1) is 20.0. The van der Waals surface area contributed by atoms with E-state index in [1.807, 2.05) is 53.1 Å². The van der Waals surface area contributed by atoms with E-state index in [0.29, 0.717) is 36.9 Å². The first kappa shape index (κ1) is 29.6. The number of nitrogens with one attached hydrogen (secondary N) is 1. The number of ether oxygens (including phenoxy) is 4. The molecule has 2 aromatic carbocycles. The number of imidazole rings is 1. The summed E-state index contributed by atoms with van der Waals surface area (Å²) in [6, 6.07) is 16.5. The molecule has 0 atom stereocenters. The summed E-state index contributed by atoms with van der Waals surface area (Å²) in [5, 5.41) is 3.42. The van der Waals surface area contributed by atoms with Gasteiger partial charge in [0.2, 0.25) is 0 Å². The van der Waals surface area contributed by atoms with Crippen LogP contribution in [0.25, 0.3) is 11.2 Å². The number of esters is 1. The van der Waals surface area contributed by atoms with Gasteiger partial charge in [0, 0.05) is 6.54 Å². The normalized spacial score (nSPS) is 11.0. The number of hydrogen-bond acceptors (Lipinski definition) is 10. The van der Waals surface area contributed by atoms with Crippen molar-refractivity contribution < 1.29 is 23.7 Å². The maximum Gasteiger partial charge on any atom is 0.320 e. The summed E-state index contributed by atoms with van der Waals surface area (Å²) in [5.41, 5.74) is 10.3. The molecule has 4 rings (SSSR count). The smallest absolute Gasteiger partial charge is 0.320 e. The lowest BCUT2D eigenvalue weighted by Gasteiger charge is -2.11. The highest BCUT2D eigenvalue weighted by molar-refractivity contribution is 5.83. The lowest BCUT2D eigenvalue weighted by atomic mass is 10.1. The fourth-order valence-electron chi connectivity index (χ4n) is 4.23. The van der Waals surface area contributed by atoms with Crippen molar-refractivity contribution >= 4 is 23.0 Å². The molecule has 0 aliphatic carbocycles. The van der Waals surface area contributed by atoms with Crippen molar-refractivity contribution in [2.24, 2.45) is 0 Å². The van der Waals surface area contributed by atoms with Gasteiger partial charge in [0.1, 0.15) is 5.75 Å². The van der Waals surface area contributed by atoms with Crippen LogP contribution in [0.2, 0.25) is 0 Å². The molecule has 11 nitrogen and oxygen atoms in total. The van der Waals surface area contributed by atoms with Crippen molar-refractivity contribution in [1.82, 2.24) is 24.8 Å². The van der Waals surface area contributed by atoms with Gasteiger partial charge in [0.05, 0.1) is 40.4 Å². The van der Waals surface area contributed by atoms with E-state index in [4.69, 9.17) is 24.7 Å². The Bertz CT molecular complexity index is 1420. The molecule has 2 aromatic heterocycles. The molecule has 0 aliphatic heterocycles. The van der Waals surface area contributed by atoms with E-state index < -0.39 is 0 Å². The van der Waals surface area contributed by atoms with Gasteiger partial charge in [-0.25, -0.2) is 0 Å². The summed E-state index contributed by atoms with van der Waals surface area (Å²) in [4.78, 5) is 24.7. The molecule has 11 heteroatoms. The minimum atomic E-state index is -0.239. The summed E-state index contributed by atoms with van der Waals surface area (Å²) in [5.74, 6) is 0.811. The van der Waals surface area contributed by atoms with Gasteiger partial charge in [-0.3, -0.25) is 9.36 Å². The highest BCUT2D eigenvalue weighted by atomic mass is 16.5. The average Bonchev–Trinajstić information content (AvgIpc) is 3.33. The van der Waals surface area contributed by atoms with E-state index in [9.17, 15) is 4.79 Å². The predicted octanol–water partition coefficient (Wildman–Crippen LogP) is 3.92. The molecule has 41 heavy (non-hydrogen) atoms. The maximum atomic E-state index is 11.5. The van der Waals surface area contributed by atoms with E-state index in [-0.39, 0.29) is 24.2 Å². The van der Waals surface area contributed by atoms with Crippen LogP contribution in [0.5, 0.6) is 17.8 Å². The van der Waals surface area contributed by atoms with E-state index in [2.05, 4.69) is 27.2 Å². The summed E-state index contributed by atoms with van der Waals surface area (Å²) in [7, 11) is 2.96. The largest absolute Gasteiger partial charge is 0.494 e. The van der Waals surface area contributed by atoms with Crippen molar-refractivity contribution in [1.29, 1.82) is 0 Å². The van der Waals surface area contributed by atoms with Crippen LogP contribution in [-0.2, 0) is 29.0 Å². The Morgan fingerprint density at radius 3 is 2.49 bits per heavy atom. The number of carbonyl (C=O) groups excluding carboxylic acids is 1. The number of methoxy groups -OCH3 is 2. The van der Waals surface area contributed by atoms with Crippen molar-refractivity contribution in [3.8, 4) is 17.8 Å². The highest BCUT2D eigenvalue weighted by Gasteiger charge is 2.18. The fraction of sp³-hybridized carbons (Fsp3) is 0.400. The van der Waals surface area contributed by atoms with Gasteiger partial charge < -0.3 is 30.0 Å². The number of anilines is 1. The molecular formula is C30H38N6O5. The average molecular weight is 563 g/mol. The lowest BCUT2D eigenvalue weighted by Crippen LogP contribution is -2.17. The summed E-state index contributed by atoms with van der Waals surface area (Å²) < 4.78 is 23.7. The molecule has 0 radical (unpaired) electrons. The third-order valence-corrected chi connectivity index (χ3v) is 6.41. The van der Waals surface area contributed by atoms with E-state index in [1.54, 1.807) is 7.11 Å². The Morgan fingerprint density at radius 2 is 1.73 bits per heavy atom. The second-order valence-electron chi connectivity index (χ2n) is 9.55. The summed E-state index contributed by atoms with van der Waals surface area (Å²) in [6.45, 7) is 5.22. The number of nitrogens with two attached hydrogens (primary N) is 1. The molecule has 0 amide bonds. The van der Waals surface area contributed by atoms with E-state index in [1.165, 1.54) is 7.11 Å². The molecule has 0 saturated carbocycles. The predicted molar refractivity (Wildman–Crippen MR) is 156 cm³/mol. The number of unbranched alkanes of at least 4 members (excludes halogenated alkanes) is 1. The number of nitrogen functional groups attached to an aromatic ring is 1. The third kappa shape index (κ3) is 8.31. The Labute approximate surface area is 240 Å². The molecule has 0 spiro atoms. The number of fused-ring (bicyclic) bond motifs is 1. The fourth-order valence-corrected chi connectivity index (χ4v) is 4.23. The Kier molecular flexibility index (Phi) is 10.7. The van der Waals surface area contributed by atoms with Gasteiger partial charge >= 0.3 is 12.0 Å². The molecule has 0 unspecified atom stereocenters. The van der Waals surface area contributed by atoms with Crippen molar-refractivity contribution in [2.75, 3.05) is 39.7 Å². The Balaban J connectivity index is 1.27. The van der Waals surface area contributed by atoms with Gasteiger partial charge in [0.25, 0.3) is 6.01 Å². The number of aromatic nitrogens is 4. The lowest BCUT2D eigenvalue weighted by molar-refractivity contribution is -0.139. The Morgan fingerprint density at radius 1 is 0.951 bits per heavy atom. The van der Waals surface area contributed by atoms with E-state index in [0.717, 1.165) is 54.8 Å². The van der Waals surface area contributed by atoms with Crippen LogP contribution >= 0.6 is 0 Å². The highest BCUT2D eigenvalue weighted by Crippen LogP contribution is 2.27. The molecular weight excluding hydrogens is 524 g/mol. The first-order valence-electron chi connectivity index (χ1n) is 13.8. The van der Waals surface area contributed by atoms with E-state index >= 15 is 0 Å². The molecule has 0 fully saturated rings.